The van der Waals surface area contributed by atoms with Crippen LogP contribution in [0.25, 0.3) is 6.08 Å². The van der Waals surface area contributed by atoms with E-state index >= 15 is 0 Å². The van der Waals surface area contributed by atoms with Gasteiger partial charge in [0.25, 0.3) is 0 Å². The number of carbonyl (C=O) groups is 2. The Kier molecular flexibility index (Phi) is 7.91. The molecule has 0 bridgehead atoms. The van der Waals surface area contributed by atoms with Crippen molar-refractivity contribution in [2.45, 2.75) is 13.3 Å². The van der Waals surface area contributed by atoms with Crippen LogP contribution < -0.4 is 13.8 Å². The smallest absolute Gasteiger partial charge is 0.331 e. The van der Waals surface area contributed by atoms with Crippen molar-refractivity contribution < 1.29 is 32.2 Å². The minimum absolute atomic E-state index is 0.00247. The van der Waals surface area contributed by atoms with Gasteiger partial charge in [0.1, 0.15) is 6.07 Å². The quantitative estimate of drug-likeness (QED) is 0.287. The van der Waals surface area contributed by atoms with E-state index in [1.165, 1.54) is 29.6 Å². The van der Waals surface area contributed by atoms with Gasteiger partial charge in [-0.05, 0) is 60.9 Å². The van der Waals surface area contributed by atoms with Gasteiger partial charge in [-0.3, -0.25) is 9.10 Å². The molecule has 3 rings (SSSR count). The summed E-state index contributed by atoms with van der Waals surface area (Å²) >= 11 is 0. The number of benzene rings is 2. The summed E-state index contributed by atoms with van der Waals surface area (Å²) in [6.07, 6.45) is 3.21. The molecule has 0 atom stereocenters. The first kappa shape index (κ1) is 24.8. The maximum Gasteiger partial charge on any atom is 0.331 e. The molecular formula is C24H24N2O7S. The molecule has 0 N–H and O–H groups in total. The first-order valence-electron chi connectivity index (χ1n) is 10.5. The summed E-state index contributed by atoms with van der Waals surface area (Å²) in [7, 11) is -1.90. The van der Waals surface area contributed by atoms with Crippen molar-refractivity contribution in [3.05, 3.63) is 59.2 Å². The molecule has 1 aliphatic rings. The molecular weight excluding hydrogens is 460 g/mol. The number of ether oxygens (including phenoxy) is 3. The highest BCUT2D eigenvalue weighted by Crippen LogP contribution is 2.31. The second-order valence-electron chi connectivity index (χ2n) is 7.29. The minimum atomic E-state index is -3.36. The first-order chi connectivity index (χ1) is 16.3. The number of ketones is 1. The van der Waals surface area contributed by atoms with Crippen LogP contribution in [-0.2, 0) is 26.0 Å². The molecule has 0 fully saturated rings. The van der Waals surface area contributed by atoms with Gasteiger partial charge in [0.15, 0.2) is 30.5 Å². The zero-order valence-corrected chi connectivity index (χ0v) is 19.6. The fourth-order valence-corrected chi connectivity index (χ4v) is 4.60. The van der Waals surface area contributed by atoms with Crippen molar-refractivity contribution in [3.8, 4) is 17.6 Å². The van der Waals surface area contributed by atoms with Gasteiger partial charge < -0.3 is 14.2 Å². The fourth-order valence-electron chi connectivity index (χ4n) is 3.44. The monoisotopic (exact) mass is 484 g/mol. The summed E-state index contributed by atoms with van der Waals surface area (Å²) < 4.78 is 41.3. The van der Waals surface area contributed by atoms with E-state index in [-0.39, 0.29) is 18.1 Å². The average Bonchev–Trinajstić information content (AvgIpc) is 3.29. The number of hydrogen-bond acceptors (Lipinski definition) is 8. The number of fused-ring (bicyclic) bond motifs is 1. The number of methoxy groups -OCH3 is 1. The third-order valence-electron chi connectivity index (χ3n) is 5.19. The van der Waals surface area contributed by atoms with E-state index in [4.69, 9.17) is 19.5 Å². The first-order valence-corrected chi connectivity index (χ1v) is 12.1. The molecule has 0 aliphatic carbocycles. The number of nitriles is 1. The molecule has 0 spiro atoms. The number of rotatable bonds is 10. The minimum Gasteiger partial charge on any atom is -0.493 e. The largest absolute Gasteiger partial charge is 0.493 e. The summed E-state index contributed by atoms with van der Waals surface area (Å²) in [6, 6.07) is 11.6. The SMILES string of the molecule is CCS(=O)(=O)N1CCc2cc(C(=O)COC(=O)/C=C/c3ccc(OCC#N)c(OC)c3)ccc21. The summed E-state index contributed by atoms with van der Waals surface area (Å²) in [4.78, 5) is 24.5. The van der Waals surface area contributed by atoms with Crippen LogP contribution in [0.5, 0.6) is 11.5 Å². The van der Waals surface area contributed by atoms with Crippen molar-refractivity contribution in [1.82, 2.24) is 0 Å². The van der Waals surface area contributed by atoms with Crippen LogP contribution in [0.3, 0.4) is 0 Å². The highest BCUT2D eigenvalue weighted by Gasteiger charge is 2.28. The zero-order valence-electron chi connectivity index (χ0n) is 18.8. The topological polar surface area (TPSA) is 123 Å². The standard InChI is InChI=1S/C24H24N2O7S/c1-3-34(29,30)26-12-10-18-15-19(6-7-20(18)26)21(27)16-33-24(28)9-5-17-4-8-22(32-13-11-25)23(14-17)31-2/h4-9,14-15H,3,10,12-13,16H2,1-2H3/b9-5+. The Morgan fingerprint density at radius 3 is 2.68 bits per heavy atom. The molecule has 1 aliphatic heterocycles. The second kappa shape index (κ2) is 10.9. The summed E-state index contributed by atoms with van der Waals surface area (Å²) in [5.74, 6) is -0.273. The number of esters is 1. The molecule has 178 valence electrons. The van der Waals surface area contributed by atoms with Crippen LogP contribution in [0.15, 0.2) is 42.5 Å². The van der Waals surface area contributed by atoms with Crippen LogP contribution >= 0.6 is 0 Å². The molecule has 34 heavy (non-hydrogen) atoms. The molecule has 0 radical (unpaired) electrons. The van der Waals surface area contributed by atoms with E-state index in [0.29, 0.717) is 41.3 Å². The van der Waals surface area contributed by atoms with Crippen molar-refractivity contribution in [3.63, 3.8) is 0 Å². The van der Waals surface area contributed by atoms with Gasteiger partial charge in [-0.1, -0.05) is 6.07 Å². The number of nitrogens with zero attached hydrogens (tertiary/aromatic N) is 2. The number of hydrogen-bond donors (Lipinski definition) is 0. The van der Waals surface area contributed by atoms with E-state index in [2.05, 4.69) is 0 Å². The predicted molar refractivity (Wildman–Crippen MR) is 125 cm³/mol. The normalized spacial score (nSPS) is 12.8. The maximum atomic E-state index is 12.5. The third-order valence-corrected chi connectivity index (χ3v) is 6.97. The van der Waals surface area contributed by atoms with Crippen molar-refractivity contribution in [1.29, 1.82) is 5.26 Å². The Bertz CT molecular complexity index is 1260. The van der Waals surface area contributed by atoms with E-state index in [0.717, 1.165) is 5.56 Å². The second-order valence-corrected chi connectivity index (χ2v) is 9.47. The maximum absolute atomic E-state index is 12.5. The van der Waals surface area contributed by atoms with E-state index < -0.39 is 22.6 Å². The van der Waals surface area contributed by atoms with Gasteiger partial charge in [-0.2, -0.15) is 5.26 Å². The summed E-state index contributed by atoms with van der Waals surface area (Å²) in [5.41, 5.74) is 2.33. The number of sulfonamides is 1. The molecule has 1 heterocycles. The molecule has 10 heteroatoms. The number of Topliss-reactive ketones (excluding diaryl/α,β-unsaturated/α-hetero) is 1. The molecule has 9 nitrogen and oxygen atoms in total. The summed E-state index contributed by atoms with van der Waals surface area (Å²) in [5, 5.41) is 8.62. The Balaban J connectivity index is 1.59. The highest BCUT2D eigenvalue weighted by atomic mass is 32.2. The number of anilines is 1. The molecule has 0 unspecified atom stereocenters. The van der Waals surface area contributed by atoms with E-state index in [9.17, 15) is 18.0 Å². The molecule has 0 saturated carbocycles. The molecule has 0 amide bonds. The third kappa shape index (κ3) is 5.74. The Morgan fingerprint density at radius 1 is 1.18 bits per heavy atom. The van der Waals surface area contributed by atoms with E-state index in [1.807, 2.05) is 6.07 Å². The lowest BCUT2D eigenvalue weighted by molar-refractivity contribution is -0.136. The van der Waals surface area contributed by atoms with Crippen LogP contribution in [-0.4, -0.2) is 52.8 Å². The molecule has 0 aromatic heterocycles. The van der Waals surface area contributed by atoms with Gasteiger partial charge in [0, 0.05) is 18.2 Å². The van der Waals surface area contributed by atoms with Crippen molar-refractivity contribution in [2.24, 2.45) is 0 Å². The highest BCUT2D eigenvalue weighted by molar-refractivity contribution is 7.92. The average molecular weight is 485 g/mol. The Labute approximate surface area is 198 Å². The van der Waals surface area contributed by atoms with Gasteiger partial charge >= 0.3 is 5.97 Å². The van der Waals surface area contributed by atoms with E-state index in [1.54, 1.807) is 37.3 Å². The van der Waals surface area contributed by atoms with Crippen molar-refractivity contribution in [2.75, 3.05) is 36.9 Å². The fraction of sp³-hybridized carbons (Fsp3) is 0.292. The lowest BCUT2D eigenvalue weighted by Gasteiger charge is -2.18. The van der Waals surface area contributed by atoms with Gasteiger partial charge in [0.05, 0.1) is 18.6 Å². The van der Waals surface area contributed by atoms with Crippen LogP contribution in [0.1, 0.15) is 28.4 Å². The molecule has 2 aromatic carbocycles. The summed E-state index contributed by atoms with van der Waals surface area (Å²) in [6.45, 7) is 1.37. The lowest BCUT2D eigenvalue weighted by atomic mass is 10.1. The Hall–Kier alpha value is -3.84. The molecule has 0 saturated heterocycles. The predicted octanol–water partition coefficient (Wildman–Crippen LogP) is 2.75. The zero-order chi connectivity index (χ0) is 24.7. The lowest BCUT2D eigenvalue weighted by Crippen LogP contribution is -2.30. The number of carbonyl (C=O) groups excluding carboxylic acids is 2. The van der Waals surface area contributed by atoms with Crippen molar-refractivity contribution >= 4 is 33.5 Å². The van der Waals surface area contributed by atoms with Gasteiger partial charge in [-0.25, -0.2) is 13.2 Å². The van der Waals surface area contributed by atoms with Crippen LogP contribution in [0, 0.1) is 11.3 Å². The van der Waals surface area contributed by atoms with Crippen LogP contribution in [0.4, 0.5) is 5.69 Å². The van der Waals surface area contributed by atoms with Gasteiger partial charge in [0.2, 0.25) is 10.0 Å². The molecule has 2 aromatic rings. The van der Waals surface area contributed by atoms with Crippen LogP contribution in [0.2, 0.25) is 0 Å². The van der Waals surface area contributed by atoms with Gasteiger partial charge in [-0.15, -0.1) is 0 Å². The Morgan fingerprint density at radius 2 is 1.97 bits per heavy atom.